The van der Waals surface area contributed by atoms with Crippen LogP contribution in [0.25, 0.3) is 11.1 Å². The van der Waals surface area contributed by atoms with Crippen LogP contribution in [0.2, 0.25) is 0 Å². The van der Waals surface area contributed by atoms with Crippen LogP contribution in [0.5, 0.6) is 11.5 Å². The van der Waals surface area contributed by atoms with Gasteiger partial charge in [0.15, 0.2) is 0 Å². The van der Waals surface area contributed by atoms with Gasteiger partial charge in [-0.25, -0.2) is 0 Å². The van der Waals surface area contributed by atoms with Gasteiger partial charge in [0.05, 0.1) is 0 Å². The van der Waals surface area contributed by atoms with Crippen LogP contribution in [0.1, 0.15) is 5.56 Å². The van der Waals surface area contributed by atoms with Gasteiger partial charge in [0.1, 0.15) is 11.5 Å². The minimum absolute atomic E-state index is 0.733. The fraction of sp³-hybridized carbons (Fsp3) is 0.0526. The zero-order chi connectivity index (χ0) is 13.8. The van der Waals surface area contributed by atoms with Gasteiger partial charge in [-0.05, 0) is 47.9 Å². The molecule has 1 nitrogen and oxygen atoms in total. The van der Waals surface area contributed by atoms with Crippen LogP contribution >= 0.6 is 0 Å². The fourth-order valence-electron chi connectivity index (χ4n) is 2.18. The molecule has 0 aliphatic carbocycles. The Balaban J connectivity index is 1.92. The van der Waals surface area contributed by atoms with E-state index in [9.17, 15) is 0 Å². The summed E-state index contributed by atoms with van der Waals surface area (Å²) >= 11 is 0. The maximum absolute atomic E-state index is 5.82. The maximum atomic E-state index is 5.82. The Labute approximate surface area is 119 Å². The minimum Gasteiger partial charge on any atom is -0.457 e. The second-order valence-corrected chi connectivity index (χ2v) is 4.67. The molecule has 0 bridgehead atoms. The highest BCUT2D eigenvalue weighted by atomic mass is 16.5. The smallest absolute Gasteiger partial charge is 0.136 e. The lowest BCUT2D eigenvalue weighted by Crippen LogP contribution is -1.86. The highest BCUT2D eigenvalue weighted by Gasteiger charge is 2.03. The predicted octanol–water partition coefficient (Wildman–Crippen LogP) is 5.25. The van der Waals surface area contributed by atoms with Gasteiger partial charge in [-0.1, -0.05) is 48.5 Å². The minimum atomic E-state index is 0.733. The highest BCUT2D eigenvalue weighted by molar-refractivity contribution is 5.68. The molecular formula is C19H15O. The molecule has 0 atom stereocenters. The van der Waals surface area contributed by atoms with E-state index in [0.29, 0.717) is 0 Å². The van der Waals surface area contributed by atoms with E-state index in [1.54, 1.807) is 0 Å². The third kappa shape index (κ3) is 2.72. The number of benzene rings is 3. The van der Waals surface area contributed by atoms with Gasteiger partial charge in [-0.2, -0.15) is 0 Å². The summed E-state index contributed by atoms with van der Waals surface area (Å²) in [5.41, 5.74) is 3.62. The van der Waals surface area contributed by atoms with Crippen LogP contribution in [0.3, 0.4) is 0 Å². The van der Waals surface area contributed by atoms with Crippen molar-refractivity contribution in [2.75, 3.05) is 0 Å². The fourth-order valence-corrected chi connectivity index (χ4v) is 2.18. The molecule has 0 unspecified atom stereocenters. The number of hydrogen-bond acceptors (Lipinski definition) is 1. The van der Waals surface area contributed by atoms with Crippen molar-refractivity contribution >= 4 is 0 Å². The van der Waals surface area contributed by atoms with Crippen LogP contribution < -0.4 is 4.74 Å². The largest absolute Gasteiger partial charge is 0.457 e. The molecule has 0 saturated carbocycles. The molecule has 20 heavy (non-hydrogen) atoms. The van der Waals surface area contributed by atoms with E-state index < -0.39 is 0 Å². The van der Waals surface area contributed by atoms with E-state index >= 15 is 0 Å². The molecule has 1 radical (unpaired) electrons. The molecule has 0 fully saturated rings. The second-order valence-electron chi connectivity index (χ2n) is 4.67. The van der Waals surface area contributed by atoms with E-state index in [2.05, 4.69) is 43.3 Å². The van der Waals surface area contributed by atoms with Crippen LogP contribution in [-0.4, -0.2) is 0 Å². The number of rotatable bonds is 3. The van der Waals surface area contributed by atoms with Crippen molar-refractivity contribution in [3.8, 4) is 22.6 Å². The van der Waals surface area contributed by atoms with Crippen molar-refractivity contribution in [3.05, 3.63) is 84.4 Å². The van der Waals surface area contributed by atoms with Crippen molar-refractivity contribution in [2.45, 2.75) is 6.92 Å². The summed E-state index contributed by atoms with van der Waals surface area (Å²) in [5, 5.41) is 0. The first kappa shape index (κ1) is 12.5. The summed E-state index contributed by atoms with van der Waals surface area (Å²) in [6, 6.07) is 27.2. The van der Waals surface area contributed by atoms with E-state index in [1.165, 1.54) is 11.1 Å². The Hall–Kier alpha value is -2.54. The SMILES string of the molecule is Cc1ccccc1-c1cc[c]c(Oc2ccccc2)c1. The molecule has 3 aromatic carbocycles. The molecule has 1 heteroatoms. The average Bonchev–Trinajstić information content (AvgIpc) is 2.49. The summed E-state index contributed by atoms with van der Waals surface area (Å²) in [6.07, 6.45) is 0. The van der Waals surface area contributed by atoms with Gasteiger partial charge in [-0.15, -0.1) is 0 Å². The molecule has 0 saturated heterocycles. The molecular weight excluding hydrogens is 244 g/mol. The highest BCUT2D eigenvalue weighted by Crippen LogP contribution is 2.28. The summed E-state index contributed by atoms with van der Waals surface area (Å²) in [4.78, 5) is 0. The lowest BCUT2D eigenvalue weighted by atomic mass is 10.0. The first-order chi connectivity index (χ1) is 9.83. The van der Waals surface area contributed by atoms with E-state index in [4.69, 9.17) is 4.74 Å². The van der Waals surface area contributed by atoms with Gasteiger partial charge in [0.2, 0.25) is 0 Å². The molecule has 97 valence electrons. The Morgan fingerprint density at radius 2 is 1.60 bits per heavy atom. The van der Waals surface area contributed by atoms with Gasteiger partial charge < -0.3 is 4.74 Å². The van der Waals surface area contributed by atoms with Crippen LogP contribution in [0.15, 0.2) is 72.8 Å². The normalized spacial score (nSPS) is 10.2. The van der Waals surface area contributed by atoms with Crippen LogP contribution in [0, 0.1) is 13.0 Å². The summed E-state index contributed by atoms with van der Waals surface area (Å²) in [6.45, 7) is 2.11. The number of aryl methyl sites for hydroxylation is 1. The first-order valence-corrected chi connectivity index (χ1v) is 6.63. The standard InChI is InChI=1S/C19H15O/c1-15-8-5-6-13-19(15)16-9-7-12-18(14-16)20-17-10-3-2-4-11-17/h2-11,13-14H,1H3. The monoisotopic (exact) mass is 259 g/mol. The molecule has 0 aromatic heterocycles. The second kappa shape index (κ2) is 5.62. The summed E-state index contributed by atoms with van der Waals surface area (Å²) in [7, 11) is 0. The van der Waals surface area contributed by atoms with Crippen molar-refractivity contribution in [2.24, 2.45) is 0 Å². The van der Waals surface area contributed by atoms with Crippen LogP contribution in [-0.2, 0) is 0 Å². The molecule has 0 spiro atoms. The van der Waals surface area contributed by atoms with Crippen molar-refractivity contribution < 1.29 is 4.74 Å². The van der Waals surface area contributed by atoms with E-state index in [0.717, 1.165) is 17.1 Å². The summed E-state index contributed by atoms with van der Waals surface area (Å²) in [5.74, 6) is 1.56. The van der Waals surface area contributed by atoms with Gasteiger partial charge in [-0.3, -0.25) is 0 Å². The van der Waals surface area contributed by atoms with Gasteiger partial charge in [0, 0.05) is 6.07 Å². The number of para-hydroxylation sites is 1. The number of ether oxygens (including phenoxy) is 1. The lowest BCUT2D eigenvalue weighted by molar-refractivity contribution is 0.482. The molecule has 0 N–H and O–H groups in total. The quantitative estimate of drug-likeness (QED) is 0.623. The van der Waals surface area contributed by atoms with Gasteiger partial charge in [0.25, 0.3) is 0 Å². The van der Waals surface area contributed by atoms with Gasteiger partial charge >= 0.3 is 0 Å². The summed E-state index contributed by atoms with van der Waals surface area (Å²) < 4.78 is 5.82. The molecule has 0 heterocycles. The molecule has 0 amide bonds. The van der Waals surface area contributed by atoms with Crippen molar-refractivity contribution in [1.29, 1.82) is 0 Å². The Bertz CT molecular complexity index is 702. The van der Waals surface area contributed by atoms with Crippen molar-refractivity contribution in [1.82, 2.24) is 0 Å². The molecule has 0 aliphatic rings. The Morgan fingerprint density at radius 1 is 0.850 bits per heavy atom. The maximum Gasteiger partial charge on any atom is 0.136 e. The van der Waals surface area contributed by atoms with Crippen LogP contribution in [0.4, 0.5) is 0 Å². The van der Waals surface area contributed by atoms with E-state index in [-0.39, 0.29) is 0 Å². The van der Waals surface area contributed by atoms with E-state index in [1.807, 2.05) is 42.5 Å². The zero-order valence-corrected chi connectivity index (χ0v) is 11.3. The topological polar surface area (TPSA) is 9.23 Å². The number of hydrogen-bond donors (Lipinski definition) is 0. The molecule has 3 rings (SSSR count). The lowest BCUT2D eigenvalue weighted by Gasteiger charge is -2.09. The van der Waals surface area contributed by atoms with Crippen molar-refractivity contribution in [3.63, 3.8) is 0 Å². The molecule has 0 aliphatic heterocycles. The predicted molar refractivity (Wildman–Crippen MR) is 82.0 cm³/mol. The first-order valence-electron chi connectivity index (χ1n) is 6.63. The third-order valence-electron chi connectivity index (χ3n) is 3.20. The zero-order valence-electron chi connectivity index (χ0n) is 11.3. The Morgan fingerprint density at radius 3 is 2.40 bits per heavy atom. The Kier molecular flexibility index (Phi) is 3.51. The molecule has 3 aromatic rings. The average molecular weight is 259 g/mol. The third-order valence-corrected chi connectivity index (χ3v) is 3.20.